The van der Waals surface area contributed by atoms with Crippen LogP contribution in [0.5, 0.6) is 0 Å². The van der Waals surface area contributed by atoms with Gasteiger partial charge in [-0.15, -0.1) is 0 Å². The standard InChI is InChI=1S/C5H5N3O2S/c1-11(10)5-3(4(9)8-11)6-2-7-5/h2H,1H3,(H,6,7). The van der Waals surface area contributed by atoms with Crippen molar-refractivity contribution in [3.63, 3.8) is 0 Å². The fourth-order valence-electron chi connectivity index (χ4n) is 0.971. The number of carbonyl (C=O) groups excluding carboxylic acids is 1. The van der Waals surface area contributed by atoms with E-state index in [-0.39, 0.29) is 5.69 Å². The molecule has 58 valence electrons. The first-order chi connectivity index (χ1) is 5.11. The summed E-state index contributed by atoms with van der Waals surface area (Å²) < 4.78 is 14.9. The lowest BCUT2D eigenvalue weighted by atomic mass is 10.5. The van der Waals surface area contributed by atoms with Gasteiger partial charge < -0.3 is 4.98 Å². The molecule has 2 heterocycles. The molecular formula is C5H5N3O2S. The van der Waals surface area contributed by atoms with Crippen molar-refractivity contribution in [3.8, 4) is 0 Å². The van der Waals surface area contributed by atoms with Crippen LogP contribution in [-0.2, 0) is 9.73 Å². The molecule has 0 fully saturated rings. The Balaban J connectivity index is 2.89. The number of nitrogens with one attached hydrogen (secondary N) is 1. The summed E-state index contributed by atoms with van der Waals surface area (Å²) in [4.78, 5) is 17.2. The minimum Gasteiger partial charge on any atom is -0.336 e. The Kier molecular flexibility index (Phi) is 1.01. The number of hydrogen-bond acceptors (Lipinski definition) is 3. The summed E-state index contributed by atoms with van der Waals surface area (Å²) >= 11 is 0. The van der Waals surface area contributed by atoms with Gasteiger partial charge in [0, 0.05) is 6.26 Å². The van der Waals surface area contributed by atoms with Gasteiger partial charge in [-0.1, -0.05) is 0 Å². The number of hydrogen-bond donors (Lipinski definition) is 1. The number of amides is 1. The summed E-state index contributed by atoms with van der Waals surface area (Å²) in [6, 6.07) is 0. The Hall–Kier alpha value is -1.17. The van der Waals surface area contributed by atoms with Crippen LogP contribution in [0.2, 0.25) is 0 Å². The molecule has 1 unspecified atom stereocenters. The van der Waals surface area contributed by atoms with Crippen LogP contribution in [-0.4, -0.2) is 26.3 Å². The predicted octanol–water partition coefficient (Wildman–Crippen LogP) is 0.0202. The fraction of sp³-hybridized carbons (Fsp3) is 0.200. The molecule has 0 saturated heterocycles. The number of aromatic nitrogens is 2. The summed E-state index contributed by atoms with van der Waals surface area (Å²) in [6.45, 7) is 0. The minimum absolute atomic E-state index is 0.192. The number of rotatable bonds is 0. The first kappa shape index (κ1) is 6.53. The second kappa shape index (κ2) is 1.70. The van der Waals surface area contributed by atoms with Crippen molar-refractivity contribution in [3.05, 3.63) is 12.0 Å². The number of imidazole rings is 1. The van der Waals surface area contributed by atoms with E-state index in [1.807, 2.05) is 0 Å². The topological polar surface area (TPSA) is 75.2 Å². The molecule has 2 rings (SSSR count). The average molecular weight is 171 g/mol. The molecule has 6 heteroatoms. The lowest BCUT2D eigenvalue weighted by Crippen LogP contribution is -1.93. The minimum atomic E-state index is -2.50. The molecule has 1 aliphatic rings. The molecule has 1 amide bonds. The summed E-state index contributed by atoms with van der Waals surface area (Å²) in [6.07, 6.45) is 2.76. The SMILES string of the molecule is CS1(=O)=NC(=O)c2nc[nH]c21. The van der Waals surface area contributed by atoms with E-state index in [1.54, 1.807) is 0 Å². The highest BCUT2D eigenvalue weighted by molar-refractivity contribution is 7.93. The molecule has 0 saturated carbocycles. The Morgan fingerprint density at radius 2 is 2.36 bits per heavy atom. The molecule has 1 atom stereocenters. The zero-order chi connectivity index (χ0) is 8.06. The molecule has 11 heavy (non-hydrogen) atoms. The predicted molar refractivity (Wildman–Crippen MR) is 37.7 cm³/mol. The number of nitrogens with zero attached hydrogens (tertiary/aromatic N) is 2. The van der Waals surface area contributed by atoms with Gasteiger partial charge in [0.2, 0.25) is 0 Å². The quantitative estimate of drug-likeness (QED) is 0.597. The van der Waals surface area contributed by atoms with E-state index in [0.717, 1.165) is 0 Å². The van der Waals surface area contributed by atoms with Crippen LogP contribution >= 0.6 is 0 Å². The normalized spacial score (nSPS) is 28.3. The fourth-order valence-corrected chi connectivity index (χ4v) is 2.23. The third-order valence-corrected chi connectivity index (χ3v) is 3.03. The van der Waals surface area contributed by atoms with Crippen molar-refractivity contribution in [1.29, 1.82) is 0 Å². The van der Waals surface area contributed by atoms with Gasteiger partial charge in [-0.3, -0.25) is 4.79 Å². The molecule has 0 aromatic carbocycles. The zero-order valence-corrected chi connectivity index (χ0v) is 6.51. The van der Waals surface area contributed by atoms with Gasteiger partial charge in [0.25, 0.3) is 0 Å². The molecule has 0 bridgehead atoms. The van der Waals surface area contributed by atoms with E-state index in [2.05, 4.69) is 14.3 Å². The molecule has 1 aromatic rings. The Bertz CT molecular complexity index is 438. The Morgan fingerprint density at radius 3 is 3.00 bits per heavy atom. The Morgan fingerprint density at radius 1 is 1.64 bits per heavy atom. The summed E-state index contributed by atoms with van der Waals surface area (Å²) in [5, 5.41) is 0.350. The van der Waals surface area contributed by atoms with Crippen LogP contribution in [0.25, 0.3) is 0 Å². The molecule has 0 spiro atoms. The molecule has 1 aliphatic heterocycles. The number of carbonyl (C=O) groups is 1. The molecule has 1 aromatic heterocycles. The maximum Gasteiger partial charge on any atom is 0.306 e. The molecule has 0 radical (unpaired) electrons. The van der Waals surface area contributed by atoms with Crippen molar-refractivity contribution in [2.24, 2.45) is 4.36 Å². The first-order valence-corrected chi connectivity index (χ1v) is 4.83. The largest absolute Gasteiger partial charge is 0.336 e. The summed E-state index contributed by atoms with van der Waals surface area (Å²) in [5.41, 5.74) is 0.192. The van der Waals surface area contributed by atoms with E-state index in [0.29, 0.717) is 5.03 Å². The van der Waals surface area contributed by atoms with E-state index in [1.165, 1.54) is 12.6 Å². The molecule has 0 aliphatic carbocycles. The number of H-pyrrole nitrogens is 1. The van der Waals surface area contributed by atoms with Crippen molar-refractivity contribution in [2.75, 3.05) is 6.26 Å². The second-order valence-electron chi connectivity index (χ2n) is 2.28. The van der Waals surface area contributed by atoms with Crippen molar-refractivity contribution < 1.29 is 9.00 Å². The van der Waals surface area contributed by atoms with E-state index < -0.39 is 15.6 Å². The lowest BCUT2D eigenvalue weighted by Gasteiger charge is -1.89. The van der Waals surface area contributed by atoms with Gasteiger partial charge in [0.15, 0.2) is 5.69 Å². The average Bonchev–Trinajstić information content (AvgIpc) is 2.37. The highest BCUT2D eigenvalue weighted by Crippen LogP contribution is 2.20. The highest BCUT2D eigenvalue weighted by atomic mass is 32.2. The third kappa shape index (κ3) is 0.725. The maximum absolute atomic E-state index is 11.4. The molecular weight excluding hydrogens is 166 g/mol. The van der Waals surface area contributed by atoms with Gasteiger partial charge in [-0.25, -0.2) is 9.19 Å². The van der Waals surface area contributed by atoms with E-state index in [9.17, 15) is 9.00 Å². The third-order valence-electron chi connectivity index (χ3n) is 1.44. The van der Waals surface area contributed by atoms with Crippen molar-refractivity contribution >= 4 is 15.6 Å². The summed E-state index contributed by atoms with van der Waals surface area (Å²) in [5.74, 6) is -0.492. The number of aromatic amines is 1. The van der Waals surface area contributed by atoms with Gasteiger partial charge >= 0.3 is 5.91 Å². The van der Waals surface area contributed by atoms with Gasteiger partial charge in [0.1, 0.15) is 5.03 Å². The van der Waals surface area contributed by atoms with E-state index >= 15 is 0 Å². The van der Waals surface area contributed by atoms with Crippen molar-refractivity contribution in [2.45, 2.75) is 5.03 Å². The van der Waals surface area contributed by atoms with Crippen LogP contribution in [0.1, 0.15) is 10.5 Å². The zero-order valence-electron chi connectivity index (χ0n) is 5.70. The van der Waals surface area contributed by atoms with Crippen LogP contribution in [0, 0.1) is 0 Å². The van der Waals surface area contributed by atoms with Crippen LogP contribution in [0.15, 0.2) is 15.7 Å². The summed E-state index contributed by atoms with van der Waals surface area (Å²) in [7, 11) is -2.50. The van der Waals surface area contributed by atoms with Gasteiger partial charge in [-0.2, -0.15) is 4.36 Å². The molecule has 1 N–H and O–H groups in total. The van der Waals surface area contributed by atoms with Crippen LogP contribution < -0.4 is 0 Å². The van der Waals surface area contributed by atoms with E-state index in [4.69, 9.17) is 0 Å². The second-order valence-corrected chi connectivity index (χ2v) is 4.48. The molecule has 5 nitrogen and oxygen atoms in total. The van der Waals surface area contributed by atoms with Crippen LogP contribution in [0.4, 0.5) is 0 Å². The van der Waals surface area contributed by atoms with Gasteiger partial charge in [0.05, 0.1) is 16.1 Å². The van der Waals surface area contributed by atoms with Crippen molar-refractivity contribution in [1.82, 2.24) is 9.97 Å². The van der Waals surface area contributed by atoms with Gasteiger partial charge in [-0.05, 0) is 0 Å². The monoisotopic (exact) mass is 171 g/mol. The first-order valence-electron chi connectivity index (χ1n) is 2.91. The van der Waals surface area contributed by atoms with Crippen LogP contribution in [0.3, 0.4) is 0 Å². The lowest BCUT2D eigenvalue weighted by molar-refractivity contribution is 0.100. The highest BCUT2D eigenvalue weighted by Gasteiger charge is 2.28. The smallest absolute Gasteiger partial charge is 0.306 e. The Labute approximate surface area is 63.0 Å². The number of fused-ring (bicyclic) bond motifs is 1. The maximum atomic E-state index is 11.4.